The van der Waals surface area contributed by atoms with Gasteiger partial charge in [-0.1, -0.05) is 77.9 Å². The number of hydrogen-bond donors (Lipinski definition) is 1. The van der Waals surface area contributed by atoms with E-state index in [9.17, 15) is 6.48 Å². The van der Waals surface area contributed by atoms with Gasteiger partial charge < -0.3 is 5.11 Å². The Balaban J connectivity index is 1.76. The van der Waals surface area contributed by atoms with Gasteiger partial charge in [0.15, 0.2) is 0 Å². The highest BCUT2D eigenvalue weighted by atomic mass is 16.3. The van der Waals surface area contributed by atoms with Crippen LogP contribution in [0.4, 0.5) is 0 Å². The lowest BCUT2D eigenvalue weighted by atomic mass is 9.40. The molecule has 4 aliphatic carbocycles. The van der Waals surface area contributed by atoms with Crippen LogP contribution in [-0.4, -0.2) is 11.2 Å². The van der Waals surface area contributed by atoms with Crippen molar-refractivity contribution in [2.24, 2.45) is 40.4 Å². The van der Waals surface area contributed by atoms with Crippen molar-refractivity contribution in [2.45, 2.75) is 118 Å². The fourth-order valence-electron chi connectivity index (χ4n) is 8.37. The van der Waals surface area contributed by atoms with E-state index in [4.69, 9.17) is 0 Å². The highest BCUT2D eigenvalue weighted by Crippen LogP contribution is 2.71. The van der Waals surface area contributed by atoms with Gasteiger partial charge >= 0.3 is 0 Å². The van der Waals surface area contributed by atoms with Crippen LogP contribution in [0.15, 0.2) is 11.1 Å². The minimum Gasteiger partial charge on any atom is -0.393 e. The van der Waals surface area contributed by atoms with E-state index in [1.807, 2.05) is 0 Å². The zero-order valence-corrected chi connectivity index (χ0v) is 19.3. The van der Waals surface area contributed by atoms with Crippen molar-refractivity contribution < 1.29 is 6.48 Å². The molecule has 4 aliphatic rings. The molecule has 28 heavy (non-hydrogen) atoms. The Kier molecular flexibility index (Phi) is 5.44. The maximum absolute atomic E-state index is 11.2. The van der Waals surface area contributed by atoms with E-state index in [2.05, 4.69) is 34.6 Å². The van der Waals surface area contributed by atoms with Crippen LogP contribution in [0.5, 0.6) is 0 Å². The van der Waals surface area contributed by atoms with E-state index < -0.39 is 5.89 Å². The average molecular weight is 388 g/mol. The first kappa shape index (κ1) is 19.7. The van der Waals surface area contributed by atoms with E-state index in [0.717, 1.165) is 25.2 Å². The molecular weight excluding hydrogens is 340 g/mol. The molecule has 0 amide bonds. The van der Waals surface area contributed by atoms with E-state index in [-0.39, 0.29) is 16.9 Å². The second-order valence-electron chi connectivity index (χ2n) is 11.7. The van der Waals surface area contributed by atoms with Crippen molar-refractivity contribution in [1.29, 1.82) is 0 Å². The first-order valence-corrected chi connectivity index (χ1v) is 12.5. The first-order chi connectivity index (χ1) is 13.6. The van der Waals surface area contributed by atoms with Gasteiger partial charge in [-0.25, -0.2) is 0 Å². The quantitative estimate of drug-likeness (QED) is 0.483. The molecule has 7 atom stereocenters. The minimum absolute atomic E-state index is 0.102. The molecule has 0 aromatic heterocycles. The highest BCUT2D eigenvalue weighted by Gasteiger charge is 2.64. The summed E-state index contributed by atoms with van der Waals surface area (Å²) in [7, 11) is 0. The molecule has 0 aromatic carbocycles. The van der Waals surface area contributed by atoms with Gasteiger partial charge in [0.25, 0.3) is 0 Å². The van der Waals surface area contributed by atoms with Crippen molar-refractivity contribution >= 4 is 0 Å². The maximum atomic E-state index is 11.2. The molecule has 3 fully saturated rings. The van der Waals surface area contributed by atoms with Crippen LogP contribution in [0.2, 0.25) is 0 Å². The van der Waals surface area contributed by atoms with Crippen molar-refractivity contribution in [2.75, 3.05) is 0 Å². The highest BCUT2D eigenvalue weighted by molar-refractivity contribution is 5.38. The SMILES string of the molecule is [2H][C@@](C)(CCCC(C)C)C1=C2[C@@H]3CCCC[C@H]3[C@@H]3[C@H](O)CCC[C@@]3(C)[C@]2(C)CC1. The third kappa shape index (κ3) is 3.14. The fourth-order valence-corrected chi connectivity index (χ4v) is 8.37. The number of aliphatic hydroxyl groups excluding tert-OH is 1. The van der Waals surface area contributed by atoms with Crippen LogP contribution in [0, 0.1) is 40.4 Å². The predicted molar refractivity (Wildman–Crippen MR) is 119 cm³/mol. The van der Waals surface area contributed by atoms with Gasteiger partial charge in [0.05, 0.1) is 6.10 Å². The lowest BCUT2D eigenvalue weighted by molar-refractivity contribution is -0.145. The Morgan fingerprint density at radius 3 is 2.54 bits per heavy atom. The summed E-state index contributed by atoms with van der Waals surface area (Å²) in [6, 6.07) is 0. The molecule has 0 spiro atoms. The van der Waals surface area contributed by atoms with Crippen LogP contribution >= 0.6 is 0 Å². The summed E-state index contributed by atoms with van der Waals surface area (Å²) in [5, 5.41) is 11.2. The molecule has 0 heterocycles. The number of allylic oxidation sites excluding steroid dienone is 2. The Labute approximate surface area is 176 Å². The number of aliphatic hydroxyl groups is 1. The van der Waals surface area contributed by atoms with Gasteiger partial charge in [0, 0.05) is 1.37 Å². The molecule has 4 rings (SSSR count). The second-order valence-corrected chi connectivity index (χ2v) is 11.7. The maximum Gasteiger partial charge on any atom is 0.0576 e. The Bertz CT molecular complexity index is 649. The van der Waals surface area contributed by atoms with Crippen molar-refractivity contribution in [3.63, 3.8) is 0 Å². The van der Waals surface area contributed by atoms with E-state index in [1.54, 1.807) is 5.57 Å². The number of hydrogen-bond acceptors (Lipinski definition) is 1. The van der Waals surface area contributed by atoms with Crippen LogP contribution in [0.3, 0.4) is 0 Å². The third-order valence-electron chi connectivity index (χ3n) is 9.90. The molecule has 1 N–H and O–H groups in total. The van der Waals surface area contributed by atoms with Gasteiger partial charge in [-0.3, -0.25) is 0 Å². The zero-order valence-electron chi connectivity index (χ0n) is 20.3. The van der Waals surface area contributed by atoms with Gasteiger partial charge in [0.1, 0.15) is 0 Å². The summed E-state index contributed by atoms with van der Waals surface area (Å²) in [5.74, 6) is 2.12. The van der Waals surface area contributed by atoms with Crippen molar-refractivity contribution in [3.05, 3.63) is 11.1 Å². The minimum atomic E-state index is -0.402. The molecule has 1 nitrogen and oxygen atoms in total. The van der Waals surface area contributed by atoms with Crippen LogP contribution in [0.1, 0.15) is 113 Å². The molecule has 0 bridgehead atoms. The average Bonchev–Trinajstić information content (AvgIpc) is 3.02. The summed E-state index contributed by atoms with van der Waals surface area (Å²) in [6.07, 6.45) is 14.4. The lowest BCUT2D eigenvalue weighted by Crippen LogP contribution is -2.59. The zero-order chi connectivity index (χ0) is 21.0. The molecule has 0 unspecified atom stereocenters. The summed E-state index contributed by atoms with van der Waals surface area (Å²) < 4.78 is 9.41. The number of rotatable bonds is 5. The van der Waals surface area contributed by atoms with E-state index in [0.29, 0.717) is 17.8 Å². The molecule has 1 heteroatoms. The monoisotopic (exact) mass is 387 g/mol. The lowest BCUT2D eigenvalue weighted by Gasteiger charge is -2.64. The Morgan fingerprint density at radius 2 is 1.79 bits per heavy atom. The third-order valence-corrected chi connectivity index (χ3v) is 9.90. The van der Waals surface area contributed by atoms with Gasteiger partial charge in [0.2, 0.25) is 0 Å². The summed E-state index contributed by atoms with van der Waals surface area (Å²) in [6.45, 7) is 11.9. The summed E-state index contributed by atoms with van der Waals surface area (Å²) in [4.78, 5) is 0. The van der Waals surface area contributed by atoms with Crippen LogP contribution in [-0.2, 0) is 0 Å². The van der Waals surface area contributed by atoms with Crippen LogP contribution < -0.4 is 0 Å². The van der Waals surface area contributed by atoms with E-state index >= 15 is 0 Å². The largest absolute Gasteiger partial charge is 0.393 e. The fraction of sp³-hybridized carbons (Fsp3) is 0.926. The molecule has 160 valence electrons. The summed E-state index contributed by atoms with van der Waals surface area (Å²) >= 11 is 0. The van der Waals surface area contributed by atoms with Gasteiger partial charge in [-0.05, 0) is 85.3 Å². The predicted octanol–water partition coefficient (Wildman–Crippen LogP) is 7.53. The van der Waals surface area contributed by atoms with Crippen molar-refractivity contribution in [1.82, 2.24) is 0 Å². The smallest absolute Gasteiger partial charge is 0.0576 e. The molecule has 3 saturated carbocycles. The van der Waals surface area contributed by atoms with Gasteiger partial charge in [-0.2, -0.15) is 0 Å². The van der Waals surface area contributed by atoms with E-state index in [1.165, 1.54) is 63.4 Å². The standard InChI is InChI=1S/C27H46O/c1-18(2)10-8-11-19(3)20-15-17-27(5)24(20)21-12-6-7-13-22(21)25-23(28)14-9-16-26(25,27)4/h18-19,21-23,25,28H,6-17H2,1-5H3/t19-,21-,22-,23-,25-,26-,27-/m1/s1/i19D. The first-order valence-electron chi connectivity index (χ1n) is 13.0. The molecule has 0 aliphatic heterocycles. The Hall–Kier alpha value is -0.300. The van der Waals surface area contributed by atoms with Crippen LogP contribution in [0.25, 0.3) is 0 Å². The number of fused-ring (bicyclic) bond motifs is 6. The Morgan fingerprint density at radius 1 is 1.04 bits per heavy atom. The molecular formula is C27H46O. The van der Waals surface area contributed by atoms with Gasteiger partial charge in [-0.15, -0.1) is 0 Å². The summed E-state index contributed by atoms with van der Waals surface area (Å²) in [5.41, 5.74) is 3.68. The molecule has 0 radical (unpaired) electrons. The normalized spacial score (nSPS) is 45.9. The molecule has 0 saturated heterocycles. The molecule has 0 aromatic rings. The topological polar surface area (TPSA) is 20.2 Å². The second kappa shape index (κ2) is 7.75. The van der Waals surface area contributed by atoms with Crippen molar-refractivity contribution in [3.8, 4) is 0 Å².